The van der Waals surface area contributed by atoms with Gasteiger partial charge in [0, 0.05) is 37.8 Å². The van der Waals surface area contributed by atoms with E-state index in [0.29, 0.717) is 30.6 Å². The third kappa shape index (κ3) is 6.52. The van der Waals surface area contributed by atoms with Crippen LogP contribution in [-0.2, 0) is 11.3 Å². The number of nitrogens with one attached hydrogen (secondary N) is 2. The Hall–Kier alpha value is -2.12. The molecule has 1 saturated heterocycles. The Labute approximate surface area is 161 Å². The number of urea groups is 1. The lowest BCUT2D eigenvalue weighted by Gasteiger charge is -2.38. The average Bonchev–Trinajstić information content (AvgIpc) is 2.70. The van der Waals surface area contributed by atoms with E-state index in [1.54, 1.807) is 12.1 Å². The molecule has 7 nitrogen and oxygen atoms in total. The number of rotatable bonds is 9. The van der Waals surface area contributed by atoms with Gasteiger partial charge < -0.3 is 21.1 Å². The van der Waals surface area contributed by atoms with Crippen molar-refractivity contribution in [3.63, 3.8) is 0 Å². The molecule has 1 unspecified atom stereocenters. The van der Waals surface area contributed by atoms with Gasteiger partial charge in [0.2, 0.25) is 0 Å². The number of amides is 3. The molecular formula is C20H32N4O3. The number of carbonyl (C=O) groups is 2. The third-order valence-electron chi connectivity index (χ3n) is 5.26. The van der Waals surface area contributed by atoms with Crippen molar-refractivity contribution in [3.8, 4) is 0 Å². The van der Waals surface area contributed by atoms with Crippen molar-refractivity contribution in [2.75, 3.05) is 32.8 Å². The summed E-state index contributed by atoms with van der Waals surface area (Å²) in [5.41, 5.74) is 6.58. The molecule has 2 rings (SSSR count). The van der Waals surface area contributed by atoms with Crippen molar-refractivity contribution in [2.45, 2.75) is 39.3 Å². The second-order valence-electron chi connectivity index (χ2n) is 6.92. The summed E-state index contributed by atoms with van der Waals surface area (Å²) in [6.45, 7) is 8.75. The van der Waals surface area contributed by atoms with Crippen molar-refractivity contribution in [1.82, 2.24) is 15.5 Å². The van der Waals surface area contributed by atoms with E-state index >= 15 is 0 Å². The zero-order valence-corrected chi connectivity index (χ0v) is 16.4. The van der Waals surface area contributed by atoms with E-state index in [0.717, 1.165) is 44.7 Å². The molecule has 1 aromatic carbocycles. The van der Waals surface area contributed by atoms with Crippen LogP contribution in [0.1, 0.15) is 42.6 Å². The minimum absolute atomic E-state index is 0.0753. The summed E-state index contributed by atoms with van der Waals surface area (Å²) in [6.07, 6.45) is 2.19. The van der Waals surface area contributed by atoms with E-state index in [-0.39, 0.29) is 5.91 Å². The number of hydrogen-bond donors (Lipinski definition) is 3. The highest BCUT2D eigenvalue weighted by molar-refractivity contribution is 5.94. The molecule has 0 saturated carbocycles. The van der Waals surface area contributed by atoms with E-state index in [4.69, 9.17) is 10.5 Å². The van der Waals surface area contributed by atoms with Crippen molar-refractivity contribution in [3.05, 3.63) is 35.4 Å². The Bertz CT molecular complexity index is 596. The van der Waals surface area contributed by atoms with Crippen LogP contribution in [0, 0.1) is 5.92 Å². The van der Waals surface area contributed by atoms with Gasteiger partial charge in [-0.3, -0.25) is 9.69 Å². The first kappa shape index (κ1) is 21.2. The fourth-order valence-electron chi connectivity index (χ4n) is 3.60. The van der Waals surface area contributed by atoms with Crippen LogP contribution in [0.2, 0.25) is 0 Å². The molecule has 3 amide bonds. The third-order valence-corrected chi connectivity index (χ3v) is 5.26. The highest BCUT2D eigenvalue weighted by Gasteiger charge is 2.27. The maximum atomic E-state index is 12.6. The van der Waals surface area contributed by atoms with E-state index in [2.05, 4.69) is 29.4 Å². The standard InChI is InChI=1S/C20H32N4O3/c1-3-16(4-2)18(24-9-11-27-12-10-24)14-22-19(25)17-7-5-15(6-8-17)13-23-20(21)26/h5-8,16,18H,3-4,9-14H2,1-2H3,(H,22,25)(H3,21,23,26). The quantitative estimate of drug-likeness (QED) is 0.611. The van der Waals surface area contributed by atoms with Gasteiger partial charge >= 0.3 is 6.03 Å². The number of benzene rings is 1. The average molecular weight is 377 g/mol. The molecule has 1 aliphatic heterocycles. The molecule has 1 heterocycles. The van der Waals surface area contributed by atoms with Crippen molar-refractivity contribution < 1.29 is 14.3 Å². The van der Waals surface area contributed by atoms with Gasteiger partial charge in [0.25, 0.3) is 5.91 Å². The van der Waals surface area contributed by atoms with Gasteiger partial charge in [-0.05, 0) is 23.6 Å². The van der Waals surface area contributed by atoms with Crippen LogP contribution < -0.4 is 16.4 Å². The van der Waals surface area contributed by atoms with Crippen LogP contribution in [-0.4, -0.2) is 55.7 Å². The highest BCUT2D eigenvalue weighted by Crippen LogP contribution is 2.19. The van der Waals surface area contributed by atoms with Crippen LogP contribution in [0.25, 0.3) is 0 Å². The number of primary amides is 1. The molecule has 1 atom stereocenters. The summed E-state index contributed by atoms with van der Waals surface area (Å²) >= 11 is 0. The first-order valence-electron chi connectivity index (χ1n) is 9.77. The number of morpholine rings is 1. The Morgan fingerprint density at radius 2 is 1.74 bits per heavy atom. The van der Waals surface area contributed by atoms with Crippen molar-refractivity contribution in [2.24, 2.45) is 11.7 Å². The van der Waals surface area contributed by atoms with Gasteiger partial charge in [-0.25, -0.2) is 4.79 Å². The van der Waals surface area contributed by atoms with Crippen LogP contribution in [0.5, 0.6) is 0 Å². The fourth-order valence-corrected chi connectivity index (χ4v) is 3.60. The lowest BCUT2D eigenvalue weighted by Crippen LogP contribution is -2.52. The predicted octanol–water partition coefficient (Wildman–Crippen LogP) is 1.72. The monoisotopic (exact) mass is 376 g/mol. The number of nitrogens with two attached hydrogens (primary N) is 1. The van der Waals surface area contributed by atoms with Gasteiger partial charge in [-0.2, -0.15) is 0 Å². The normalized spacial score (nSPS) is 16.1. The van der Waals surface area contributed by atoms with Crippen molar-refractivity contribution in [1.29, 1.82) is 0 Å². The van der Waals surface area contributed by atoms with Gasteiger partial charge in [0.1, 0.15) is 0 Å². The molecule has 0 bridgehead atoms. The number of hydrogen-bond acceptors (Lipinski definition) is 4. The molecular weight excluding hydrogens is 344 g/mol. The minimum atomic E-state index is -0.563. The first-order valence-corrected chi connectivity index (χ1v) is 9.77. The van der Waals surface area contributed by atoms with Crippen LogP contribution in [0.4, 0.5) is 4.79 Å². The summed E-state index contributed by atoms with van der Waals surface area (Å²) in [5, 5.41) is 5.64. The van der Waals surface area contributed by atoms with Crippen molar-refractivity contribution >= 4 is 11.9 Å². The number of ether oxygens (including phenoxy) is 1. The second-order valence-corrected chi connectivity index (χ2v) is 6.92. The van der Waals surface area contributed by atoms with Gasteiger partial charge in [0.05, 0.1) is 13.2 Å². The predicted molar refractivity (Wildman–Crippen MR) is 105 cm³/mol. The summed E-state index contributed by atoms with van der Waals surface area (Å²) in [4.78, 5) is 25.8. The highest BCUT2D eigenvalue weighted by atomic mass is 16.5. The molecule has 1 fully saturated rings. The van der Waals surface area contributed by atoms with Crippen LogP contribution >= 0.6 is 0 Å². The van der Waals surface area contributed by atoms with E-state index in [1.165, 1.54) is 0 Å². The largest absolute Gasteiger partial charge is 0.379 e. The topological polar surface area (TPSA) is 96.7 Å². The van der Waals surface area contributed by atoms with Gasteiger partial charge in [0.15, 0.2) is 0 Å². The fraction of sp³-hybridized carbons (Fsp3) is 0.600. The number of carbonyl (C=O) groups excluding carboxylic acids is 2. The summed E-state index contributed by atoms with van der Waals surface area (Å²) in [6, 6.07) is 6.96. The maximum Gasteiger partial charge on any atom is 0.312 e. The molecule has 150 valence electrons. The lowest BCUT2D eigenvalue weighted by atomic mass is 9.92. The summed E-state index contributed by atoms with van der Waals surface area (Å²) in [5.74, 6) is 0.472. The summed E-state index contributed by atoms with van der Waals surface area (Å²) in [7, 11) is 0. The molecule has 0 radical (unpaired) electrons. The van der Waals surface area contributed by atoms with Crippen LogP contribution in [0.3, 0.4) is 0 Å². The summed E-state index contributed by atoms with van der Waals surface area (Å²) < 4.78 is 5.47. The maximum absolute atomic E-state index is 12.6. The molecule has 0 spiro atoms. The molecule has 27 heavy (non-hydrogen) atoms. The van der Waals surface area contributed by atoms with E-state index in [9.17, 15) is 9.59 Å². The second kappa shape index (κ2) is 10.9. The molecule has 0 aliphatic carbocycles. The Balaban J connectivity index is 1.94. The first-order chi connectivity index (χ1) is 13.0. The SMILES string of the molecule is CCC(CC)C(CNC(=O)c1ccc(CNC(N)=O)cc1)N1CCOCC1. The zero-order chi connectivity index (χ0) is 19.6. The van der Waals surface area contributed by atoms with E-state index < -0.39 is 6.03 Å². The molecule has 0 aromatic heterocycles. The lowest BCUT2D eigenvalue weighted by molar-refractivity contribution is 0.00191. The number of nitrogens with zero attached hydrogens (tertiary/aromatic N) is 1. The minimum Gasteiger partial charge on any atom is -0.379 e. The molecule has 7 heteroatoms. The van der Waals surface area contributed by atoms with Gasteiger partial charge in [-0.15, -0.1) is 0 Å². The van der Waals surface area contributed by atoms with E-state index in [1.807, 2.05) is 12.1 Å². The molecule has 4 N–H and O–H groups in total. The molecule has 1 aromatic rings. The Morgan fingerprint density at radius 1 is 1.11 bits per heavy atom. The Morgan fingerprint density at radius 3 is 2.30 bits per heavy atom. The Kier molecular flexibility index (Phi) is 8.54. The van der Waals surface area contributed by atoms with Gasteiger partial charge in [-0.1, -0.05) is 38.8 Å². The van der Waals surface area contributed by atoms with Crippen LogP contribution in [0.15, 0.2) is 24.3 Å². The molecule has 1 aliphatic rings. The smallest absolute Gasteiger partial charge is 0.312 e. The zero-order valence-electron chi connectivity index (χ0n) is 16.4.